The third-order valence-corrected chi connectivity index (χ3v) is 6.81. The van der Waals surface area contributed by atoms with Crippen molar-refractivity contribution >= 4 is 31.9 Å². The summed E-state index contributed by atoms with van der Waals surface area (Å²) in [7, 11) is -2.26. The number of nitrogens with zero attached hydrogens (tertiary/aromatic N) is 1. The monoisotopic (exact) mass is 468 g/mol. The Balaban J connectivity index is 2.13. The molecule has 0 aliphatic rings. The highest BCUT2D eigenvalue weighted by atomic mass is 79.9. The predicted molar refractivity (Wildman–Crippen MR) is 113 cm³/mol. The van der Waals surface area contributed by atoms with E-state index in [0.29, 0.717) is 11.3 Å². The topological polar surface area (TPSA) is 75.7 Å². The van der Waals surface area contributed by atoms with Crippen LogP contribution in [0, 0.1) is 6.92 Å². The molecule has 1 amide bonds. The van der Waals surface area contributed by atoms with Gasteiger partial charge in [0.25, 0.3) is 0 Å². The molecule has 0 aliphatic carbocycles. The molecule has 1 atom stereocenters. The number of ether oxygens (including phenoxy) is 1. The smallest absolute Gasteiger partial charge is 0.243 e. The van der Waals surface area contributed by atoms with Gasteiger partial charge in [0.05, 0.1) is 24.6 Å². The second-order valence-electron chi connectivity index (χ2n) is 6.41. The Kier molecular flexibility index (Phi) is 7.63. The van der Waals surface area contributed by atoms with E-state index in [4.69, 9.17) is 4.74 Å². The van der Waals surface area contributed by atoms with Gasteiger partial charge in [0.15, 0.2) is 0 Å². The number of rotatable bonds is 8. The zero-order valence-corrected chi connectivity index (χ0v) is 18.8. The Bertz CT molecular complexity index is 947. The van der Waals surface area contributed by atoms with Gasteiger partial charge < -0.3 is 10.1 Å². The molecule has 0 aromatic heterocycles. The summed E-state index contributed by atoms with van der Waals surface area (Å²) in [5.41, 5.74) is 1.65. The lowest BCUT2D eigenvalue weighted by Crippen LogP contribution is -2.41. The summed E-state index contributed by atoms with van der Waals surface area (Å²) in [5, 5.41) is 2.86. The van der Waals surface area contributed by atoms with Gasteiger partial charge in [-0.25, -0.2) is 8.42 Å². The van der Waals surface area contributed by atoms with Gasteiger partial charge in [0, 0.05) is 11.0 Å². The van der Waals surface area contributed by atoms with Gasteiger partial charge in [0.2, 0.25) is 15.9 Å². The molecule has 6 nitrogen and oxygen atoms in total. The normalized spacial score (nSPS) is 12.6. The van der Waals surface area contributed by atoms with E-state index in [1.807, 2.05) is 31.2 Å². The fraction of sp³-hybridized carbons (Fsp3) is 0.350. The van der Waals surface area contributed by atoms with Gasteiger partial charge in [-0.2, -0.15) is 4.31 Å². The predicted octanol–water partition coefficient (Wildman–Crippen LogP) is 3.65. The molecule has 1 N–H and O–H groups in total. The molecule has 2 aromatic carbocycles. The largest absolute Gasteiger partial charge is 0.496 e. The highest BCUT2D eigenvalue weighted by Crippen LogP contribution is 2.24. The van der Waals surface area contributed by atoms with Crippen LogP contribution in [0.5, 0.6) is 5.75 Å². The number of sulfonamides is 1. The lowest BCUT2D eigenvalue weighted by atomic mass is 10.1. The third-order valence-electron chi connectivity index (χ3n) is 4.40. The second kappa shape index (κ2) is 9.54. The molecule has 0 aliphatic heterocycles. The zero-order valence-electron chi connectivity index (χ0n) is 16.4. The Hall–Kier alpha value is -1.90. The lowest BCUT2D eigenvalue weighted by Gasteiger charge is -2.22. The molecule has 152 valence electrons. The van der Waals surface area contributed by atoms with Crippen molar-refractivity contribution in [3.05, 3.63) is 58.1 Å². The van der Waals surface area contributed by atoms with E-state index in [-0.39, 0.29) is 29.9 Å². The summed E-state index contributed by atoms with van der Waals surface area (Å²) in [6.07, 6.45) is 0. The molecular weight excluding hydrogens is 444 g/mol. The molecule has 0 saturated heterocycles. The van der Waals surface area contributed by atoms with Gasteiger partial charge in [-0.15, -0.1) is 0 Å². The maximum Gasteiger partial charge on any atom is 0.243 e. The Morgan fingerprint density at radius 1 is 1.25 bits per heavy atom. The summed E-state index contributed by atoms with van der Waals surface area (Å²) in [4.78, 5) is 12.6. The summed E-state index contributed by atoms with van der Waals surface area (Å²) >= 11 is 3.41. The van der Waals surface area contributed by atoms with Gasteiger partial charge >= 0.3 is 0 Å². The van der Waals surface area contributed by atoms with Crippen LogP contribution in [-0.2, 0) is 14.8 Å². The fourth-order valence-corrected chi connectivity index (χ4v) is 4.74. The SMILES string of the molecule is CCN(CC(=O)N[C@H](C)c1cccc(Br)c1)S(=O)(=O)c1ccc(OC)c(C)c1. The first-order chi connectivity index (χ1) is 13.2. The van der Waals surface area contributed by atoms with Crippen LogP contribution < -0.4 is 10.1 Å². The van der Waals surface area contributed by atoms with Crippen LogP contribution in [0.4, 0.5) is 0 Å². The Morgan fingerprint density at radius 3 is 2.54 bits per heavy atom. The van der Waals surface area contributed by atoms with Gasteiger partial charge in [0.1, 0.15) is 5.75 Å². The van der Waals surface area contributed by atoms with E-state index in [9.17, 15) is 13.2 Å². The minimum Gasteiger partial charge on any atom is -0.496 e. The van der Waals surface area contributed by atoms with Crippen molar-refractivity contribution in [3.8, 4) is 5.75 Å². The molecule has 0 unspecified atom stereocenters. The first kappa shape index (κ1) is 22.4. The van der Waals surface area contributed by atoms with Crippen LogP contribution >= 0.6 is 15.9 Å². The Labute approximate surface area is 175 Å². The summed E-state index contributed by atoms with van der Waals surface area (Å²) in [5.74, 6) is 0.255. The summed E-state index contributed by atoms with van der Waals surface area (Å²) < 4.78 is 33.2. The zero-order chi connectivity index (χ0) is 20.9. The number of carbonyl (C=O) groups excluding carboxylic acids is 1. The molecule has 0 bridgehead atoms. The molecule has 2 rings (SSSR count). The fourth-order valence-electron chi connectivity index (χ4n) is 2.83. The number of amides is 1. The molecule has 2 aromatic rings. The van der Waals surface area contributed by atoms with Crippen LogP contribution in [0.1, 0.15) is 31.0 Å². The van der Waals surface area contributed by atoms with Crippen LogP contribution in [0.15, 0.2) is 51.8 Å². The van der Waals surface area contributed by atoms with Crippen molar-refractivity contribution in [3.63, 3.8) is 0 Å². The van der Waals surface area contributed by atoms with Gasteiger partial charge in [-0.05, 0) is 55.3 Å². The minimum atomic E-state index is -3.79. The van der Waals surface area contributed by atoms with Gasteiger partial charge in [-0.1, -0.05) is 35.0 Å². The molecule has 8 heteroatoms. The van der Waals surface area contributed by atoms with Crippen LogP contribution in [0.2, 0.25) is 0 Å². The number of nitrogens with one attached hydrogen (secondary N) is 1. The highest BCUT2D eigenvalue weighted by molar-refractivity contribution is 9.10. The van der Waals surface area contributed by atoms with E-state index in [0.717, 1.165) is 14.3 Å². The van der Waals surface area contributed by atoms with Crippen molar-refractivity contribution in [2.75, 3.05) is 20.2 Å². The molecule has 0 saturated carbocycles. The number of benzene rings is 2. The van der Waals surface area contributed by atoms with Gasteiger partial charge in [-0.3, -0.25) is 4.79 Å². The van der Waals surface area contributed by atoms with Crippen molar-refractivity contribution in [1.82, 2.24) is 9.62 Å². The van der Waals surface area contributed by atoms with E-state index in [1.165, 1.54) is 13.2 Å². The van der Waals surface area contributed by atoms with Crippen LogP contribution in [-0.4, -0.2) is 38.8 Å². The molecular formula is C20H25BrN2O4S. The van der Waals surface area contributed by atoms with Crippen molar-refractivity contribution < 1.29 is 17.9 Å². The first-order valence-electron chi connectivity index (χ1n) is 8.88. The third kappa shape index (κ3) is 5.33. The molecule has 28 heavy (non-hydrogen) atoms. The number of halogens is 1. The van der Waals surface area contributed by atoms with E-state index >= 15 is 0 Å². The lowest BCUT2D eigenvalue weighted by molar-refractivity contribution is -0.121. The number of hydrogen-bond acceptors (Lipinski definition) is 4. The van der Waals surface area contributed by atoms with Crippen LogP contribution in [0.25, 0.3) is 0 Å². The summed E-state index contributed by atoms with van der Waals surface area (Å²) in [6.45, 7) is 5.28. The van der Waals surface area contributed by atoms with Crippen molar-refractivity contribution in [1.29, 1.82) is 0 Å². The van der Waals surface area contributed by atoms with Crippen LogP contribution in [0.3, 0.4) is 0 Å². The number of carbonyl (C=O) groups is 1. The van der Waals surface area contributed by atoms with Crippen molar-refractivity contribution in [2.45, 2.75) is 31.7 Å². The minimum absolute atomic E-state index is 0.139. The number of hydrogen-bond donors (Lipinski definition) is 1. The number of methoxy groups -OCH3 is 1. The number of likely N-dealkylation sites (N-methyl/N-ethyl adjacent to an activating group) is 1. The number of aryl methyl sites for hydroxylation is 1. The molecule has 0 fully saturated rings. The maximum atomic E-state index is 13.0. The van der Waals surface area contributed by atoms with E-state index in [1.54, 1.807) is 26.0 Å². The maximum absolute atomic E-state index is 13.0. The standard InChI is InChI=1S/C20H25BrN2O4S/c1-5-23(28(25,26)18-9-10-19(27-4)14(2)11-18)13-20(24)22-15(3)16-7-6-8-17(21)12-16/h6-12,15H,5,13H2,1-4H3,(H,22,24)/t15-/m1/s1. The van der Waals surface area contributed by atoms with E-state index < -0.39 is 10.0 Å². The highest BCUT2D eigenvalue weighted by Gasteiger charge is 2.26. The average Bonchev–Trinajstić information content (AvgIpc) is 2.65. The molecule has 0 heterocycles. The van der Waals surface area contributed by atoms with E-state index in [2.05, 4.69) is 21.2 Å². The second-order valence-corrected chi connectivity index (χ2v) is 9.26. The molecule has 0 spiro atoms. The molecule has 0 radical (unpaired) electrons. The summed E-state index contributed by atoms with van der Waals surface area (Å²) in [6, 6.07) is 12.0. The van der Waals surface area contributed by atoms with Crippen molar-refractivity contribution in [2.24, 2.45) is 0 Å². The first-order valence-corrected chi connectivity index (χ1v) is 11.1. The quantitative estimate of drug-likeness (QED) is 0.641. The average molecular weight is 469 g/mol. The Morgan fingerprint density at radius 2 is 1.96 bits per heavy atom.